The van der Waals surface area contributed by atoms with Crippen molar-refractivity contribution < 1.29 is 18.0 Å². The zero-order chi connectivity index (χ0) is 18.5. The molecule has 136 valence electrons. The fourth-order valence-electron chi connectivity index (χ4n) is 3.28. The Morgan fingerprint density at radius 1 is 1.27 bits per heavy atom. The number of rotatable bonds is 3. The lowest BCUT2D eigenvalue weighted by Crippen LogP contribution is -2.34. The van der Waals surface area contributed by atoms with Crippen LogP contribution in [0.15, 0.2) is 39.9 Å². The van der Waals surface area contributed by atoms with Gasteiger partial charge in [0, 0.05) is 24.5 Å². The molecule has 1 fully saturated rings. The van der Waals surface area contributed by atoms with Crippen LogP contribution in [0.4, 0.5) is 0 Å². The number of nitrogens with zero attached hydrogens (tertiary/aromatic N) is 4. The van der Waals surface area contributed by atoms with Crippen molar-refractivity contribution in [1.29, 1.82) is 0 Å². The first kappa shape index (κ1) is 17.1. The highest BCUT2D eigenvalue weighted by molar-refractivity contribution is 7.89. The van der Waals surface area contributed by atoms with E-state index >= 15 is 0 Å². The molecule has 0 saturated carbocycles. The van der Waals surface area contributed by atoms with Gasteiger partial charge in [0.2, 0.25) is 10.0 Å². The van der Waals surface area contributed by atoms with Crippen LogP contribution in [0.1, 0.15) is 23.7 Å². The third-order valence-corrected chi connectivity index (χ3v) is 6.59. The summed E-state index contributed by atoms with van der Waals surface area (Å²) in [6.07, 6.45) is 1.83. The molecule has 0 bridgehead atoms. The predicted octanol–water partition coefficient (Wildman–Crippen LogP) is 1.52. The van der Waals surface area contributed by atoms with Crippen LogP contribution in [0, 0.1) is 13.8 Å². The van der Waals surface area contributed by atoms with E-state index in [2.05, 4.69) is 15.1 Å². The molecule has 26 heavy (non-hydrogen) atoms. The molecule has 3 heterocycles. The van der Waals surface area contributed by atoms with Gasteiger partial charge in [0.05, 0.1) is 17.0 Å². The van der Waals surface area contributed by atoms with Crippen molar-refractivity contribution in [2.24, 2.45) is 0 Å². The second-order valence-electron chi connectivity index (χ2n) is 6.55. The molecule has 1 saturated heterocycles. The standard InChI is InChI=1S/C17H18N4O4S/c1-11-5-6-14(13-4-3-8-18-15(11)13)26(23,24)21-9-7-17(22,10-21)16-19-12(2)20-25-16/h3-6,8,22H,7,9-10H2,1-2H3. The smallest absolute Gasteiger partial charge is 0.260 e. The summed E-state index contributed by atoms with van der Waals surface area (Å²) < 4.78 is 32.7. The molecule has 0 aliphatic carbocycles. The van der Waals surface area contributed by atoms with Gasteiger partial charge in [0.25, 0.3) is 5.89 Å². The molecule has 2 aromatic heterocycles. The van der Waals surface area contributed by atoms with Crippen molar-refractivity contribution >= 4 is 20.9 Å². The van der Waals surface area contributed by atoms with E-state index in [0.717, 1.165) is 5.56 Å². The third kappa shape index (κ3) is 2.59. The lowest BCUT2D eigenvalue weighted by Gasteiger charge is -2.20. The van der Waals surface area contributed by atoms with E-state index in [0.29, 0.717) is 16.7 Å². The largest absolute Gasteiger partial charge is 0.379 e. The topological polar surface area (TPSA) is 109 Å². The molecular formula is C17H18N4O4S. The van der Waals surface area contributed by atoms with Crippen LogP contribution in [-0.2, 0) is 15.6 Å². The number of aromatic nitrogens is 3. The Morgan fingerprint density at radius 3 is 2.81 bits per heavy atom. The first-order valence-corrected chi connectivity index (χ1v) is 9.63. The quantitative estimate of drug-likeness (QED) is 0.740. The normalized spacial score (nSPS) is 21.5. The van der Waals surface area contributed by atoms with Gasteiger partial charge in [-0.2, -0.15) is 9.29 Å². The lowest BCUT2D eigenvalue weighted by atomic mass is 10.0. The Kier molecular flexibility index (Phi) is 3.83. The molecule has 1 unspecified atom stereocenters. The van der Waals surface area contributed by atoms with E-state index < -0.39 is 15.6 Å². The maximum absolute atomic E-state index is 13.2. The van der Waals surface area contributed by atoms with Crippen molar-refractivity contribution in [2.45, 2.75) is 30.8 Å². The summed E-state index contributed by atoms with van der Waals surface area (Å²) in [6.45, 7) is 3.56. The van der Waals surface area contributed by atoms with Gasteiger partial charge in [-0.3, -0.25) is 4.98 Å². The molecule has 0 radical (unpaired) electrons. The predicted molar refractivity (Wildman–Crippen MR) is 92.8 cm³/mol. The fourth-order valence-corrected chi connectivity index (χ4v) is 4.95. The second kappa shape index (κ2) is 5.83. The van der Waals surface area contributed by atoms with Crippen LogP contribution in [0.5, 0.6) is 0 Å². The number of pyridine rings is 1. The van der Waals surface area contributed by atoms with Crippen molar-refractivity contribution in [2.75, 3.05) is 13.1 Å². The monoisotopic (exact) mass is 374 g/mol. The van der Waals surface area contributed by atoms with Gasteiger partial charge in [-0.15, -0.1) is 0 Å². The zero-order valence-electron chi connectivity index (χ0n) is 14.4. The highest BCUT2D eigenvalue weighted by atomic mass is 32.2. The van der Waals surface area contributed by atoms with Gasteiger partial charge < -0.3 is 9.63 Å². The molecule has 4 rings (SSSR count). The highest BCUT2D eigenvalue weighted by Crippen LogP contribution is 2.35. The van der Waals surface area contributed by atoms with Gasteiger partial charge in [-0.1, -0.05) is 11.2 Å². The van der Waals surface area contributed by atoms with Gasteiger partial charge in [0.15, 0.2) is 11.4 Å². The lowest BCUT2D eigenvalue weighted by molar-refractivity contribution is 0.0194. The molecule has 1 N–H and O–H groups in total. The summed E-state index contributed by atoms with van der Waals surface area (Å²) in [5.74, 6) is 0.438. The minimum absolute atomic E-state index is 0.0446. The van der Waals surface area contributed by atoms with Gasteiger partial charge in [-0.05, 0) is 37.6 Å². The van der Waals surface area contributed by atoms with E-state index in [-0.39, 0.29) is 30.3 Å². The molecule has 3 aromatic rings. The summed E-state index contributed by atoms with van der Waals surface area (Å²) in [4.78, 5) is 8.53. The van der Waals surface area contributed by atoms with Crippen LogP contribution < -0.4 is 0 Å². The van der Waals surface area contributed by atoms with Crippen LogP contribution >= 0.6 is 0 Å². The molecule has 1 atom stereocenters. The Hall–Kier alpha value is -2.36. The number of aryl methyl sites for hydroxylation is 2. The Balaban J connectivity index is 1.74. The molecule has 9 heteroatoms. The van der Waals surface area contributed by atoms with E-state index in [1.165, 1.54) is 4.31 Å². The van der Waals surface area contributed by atoms with Gasteiger partial charge in [0.1, 0.15) is 0 Å². The highest BCUT2D eigenvalue weighted by Gasteiger charge is 2.46. The summed E-state index contributed by atoms with van der Waals surface area (Å²) in [6, 6.07) is 6.78. The van der Waals surface area contributed by atoms with Crippen LogP contribution in [-0.4, -0.2) is 46.0 Å². The Labute approximate surface area is 150 Å². The number of fused-ring (bicyclic) bond motifs is 1. The Morgan fingerprint density at radius 2 is 2.08 bits per heavy atom. The van der Waals surface area contributed by atoms with Crippen LogP contribution in [0.3, 0.4) is 0 Å². The number of hydrogen-bond donors (Lipinski definition) is 1. The molecular weight excluding hydrogens is 356 g/mol. The summed E-state index contributed by atoms with van der Waals surface area (Å²) in [5.41, 5.74) is 0.0713. The minimum atomic E-state index is -3.81. The summed E-state index contributed by atoms with van der Waals surface area (Å²) in [7, 11) is -3.81. The average Bonchev–Trinajstić information content (AvgIpc) is 3.23. The first-order chi connectivity index (χ1) is 12.3. The number of hydrogen-bond acceptors (Lipinski definition) is 7. The SMILES string of the molecule is Cc1noc(C2(O)CCN(S(=O)(=O)c3ccc(C)c4ncccc34)C2)n1. The molecule has 8 nitrogen and oxygen atoms in total. The number of aliphatic hydroxyl groups is 1. The third-order valence-electron chi connectivity index (χ3n) is 4.69. The fraction of sp³-hybridized carbons (Fsp3) is 0.353. The van der Waals surface area contributed by atoms with E-state index in [9.17, 15) is 13.5 Å². The second-order valence-corrected chi connectivity index (χ2v) is 8.45. The van der Waals surface area contributed by atoms with Gasteiger partial charge >= 0.3 is 0 Å². The van der Waals surface area contributed by atoms with Crippen LogP contribution in [0.2, 0.25) is 0 Å². The number of sulfonamides is 1. The molecule has 1 aliphatic heterocycles. The number of β-amino-alcohol motifs (C(OH)–C–C–N with tert-alkyl or cyclic N) is 1. The van der Waals surface area contributed by atoms with Crippen molar-refractivity contribution in [3.63, 3.8) is 0 Å². The average molecular weight is 374 g/mol. The van der Waals surface area contributed by atoms with Gasteiger partial charge in [-0.25, -0.2) is 8.42 Å². The molecule has 1 aromatic carbocycles. The molecule has 1 aliphatic rings. The Bertz CT molecular complexity index is 1100. The zero-order valence-corrected chi connectivity index (χ0v) is 15.2. The van der Waals surface area contributed by atoms with Crippen molar-refractivity contribution in [3.8, 4) is 0 Å². The molecule has 0 spiro atoms. The van der Waals surface area contributed by atoms with E-state index in [4.69, 9.17) is 4.52 Å². The minimum Gasteiger partial charge on any atom is -0.379 e. The number of benzene rings is 1. The maximum atomic E-state index is 13.2. The van der Waals surface area contributed by atoms with Crippen molar-refractivity contribution in [1.82, 2.24) is 19.4 Å². The first-order valence-electron chi connectivity index (χ1n) is 8.19. The summed E-state index contributed by atoms with van der Waals surface area (Å²) in [5, 5.41) is 15.0. The summed E-state index contributed by atoms with van der Waals surface area (Å²) >= 11 is 0. The molecule has 0 amide bonds. The maximum Gasteiger partial charge on any atom is 0.260 e. The van der Waals surface area contributed by atoms with Crippen LogP contribution in [0.25, 0.3) is 10.9 Å². The van der Waals surface area contributed by atoms with E-state index in [1.54, 1.807) is 37.4 Å². The van der Waals surface area contributed by atoms with E-state index in [1.807, 2.05) is 6.92 Å². The van der Waals surface area contributed by atoms with Crippen molar-refractivity contribution in [3.05, 3.63) is 47.7 Å².